The summed E-state index contributed by atoms with van der Waals surface area (Å²) in [5.74, 6) is -3.93. The van der Waals surface area contributed by atoms with Gasteiger partial charge in [0.1, 0.15) is 29.9 Å². The third-order valence-corrected chi connectivity index (χ3v) is 11.4. The number of nitrogens with one attached hydrogen (secondary N) is 3. The first-order valence-electron chi connectivity index (χ1n) is 23.1. The maximum absolute atomic E-state index is 13.8. The lowest BCUT2D eigenvalue weighted by Gasteiger charge is -2.32. The average Bonchev–Trinajstić information content (AvgIpc) is 3.84. The topological polar surface area (TPSA) is 212 Å². The number of nitrogens with zero attached hydrogens (tertiary/aromatic N) is 2. The Morgan fingerprint density at radius 2 is 1.60 bits per heavy atom. The number of hydrogen-bond acceptors (Lipinski definition) is 13. The quantitative estimate of drug-likeness (QED) is 0.0207. The molecule has 0 unspecified atom stereocenters. The Hall–Kier alpha value is -6.85. The van der Waals surface area contributed by atoms with Crippen molar-refractivity contribution in [1.82, 2.24) is 25.9 Å². The molecule has 2 heterocycles. The van der Waals surface area contributed by atoms with Crippen molar-refractivity contribution < 1.29 is 57.0 Å². The Morgan fingerprint density at radius 3 is 2.28 bits per heavy atom. The van der Waals surface area contributed by atoms with Crippen LogP contribution >= 0.6 is 0 Å². The molecule has 1 aromatic heterocycles. The van der Waals surface area contributed by atoms with Crippen molar-refractivity contribution in [3.8, 4) is 17.1 Å². The number of ether oxygens (including phenoxy) is 3. The molecule has 4 aromatic rings. The highest BCUT2D eigenvalue weighted by Gasteiger charge is 2.34. The van der Waals surface area contributed by atoms with Crippen molar-refractivity contribution in [1.29, 1.82) is 0 Å². The van der Waals surface area contributed by atoms with Crippen LogP contribution in [-0.2, 0) is 46.6 Å². The smallest absolute Gasteiger partial charge is 0.363 e. The van der Waals surface area contributed by atoms with Crippen LogP contribution in [0.1, 0.15) is 114 Å². The summed E-state index contributed by atoms with van der Waals surface area (Å²) >= 11 is 0. The fourth-order valence-electron chi connectivity index (χ4n) is 7.87. The average molecular weight is 938 g/mol. The van der Waals surface area contributed by atoms with Crippen LogP contribution in [0.5, 0.6) is 5.75 Å². The molecule has 17 nitrogen and oxygen atoms in total. The van der Waals surface area contributed by atoms with E-state index in [0.29, 0.717) is 62.1 Å². The van der Waals surface area contributed by atoms with E-state index in [1.807, 2.05) is 32.0 Å². The van der Waals surface area contributed by atoms with E-state index in [-0.39, 0.29) is 54.9 Å². The first-order valence-corrected chi connectivity index (χ1v) is 23.1. The first-order chi connectivity index (χ1) is 32.8. The zero-order valence-electron chi connectivity index (χ0n) is 39.5. The van der Waals surface area contributed by atoms with Crippen molar-refractivity contribution in [3.05, 3.63) is 112 Å². The summed E-state index contributed by atoms with van der Waals surface area (Å²) < 4.78 is 22.5. The van der Waals surface area contributed by atoms with Crippen LogP contribution < -0.4 is 20.7 Å². The van der Waals surface area contributed by atoms with Crippen molar-refractivity contribution in [2.75, 3.05) is 39.6 Å². The molecule has 68 heavy (non-hydrogen) atoms. The van der Waals surface area contributed by atoms with E-state index < -0.39 is 47.7 Å². The molecule has 0 radical (unpaired) electrons. The number of esters is 1. The van der Waals surface area contributed by atoms with Crippen molar-refractivity contribution in [2.24, 2.45) is 5.92 Å². The molecule has 1 saturated heterocycles. The minimum Gasteiger partial charge on any atom is -0.493 e. The maximum Gasteiger partial charge on any atom is 0.363 e. The zero-order chi connectivity index (χ0) is 49.0. The van der Waals surface area contributed by atoms with E-state index in [4.69, 9.17) is 23.5 Å². The van der Waals surface area contributed by atoms with Crippen LogP contribution in [0.2, 0.25) is 0 Å². The molecule has 4 amide bonds. The zero-order valence-corrected chi connectivity index (χ0v) is 39.5. The molecule has 5 rings (SSSR count). The summed E-state index contributed by atoms with van der Waals surface area (Å²) in [6.07, 6.45) is 3.25. The van der Waals surface area contributed by atoms with Gasteiger partial charge in [-0.25, -0.2) is 9.59 Å². The van der Waals surface area contributed by atoms with E-state index >= 15 is 0 Å². The molecule has 3 N–H and O–H groups in total. The molecule has 3 atom stereocenters. The number of aryl methyl sites for hydroxylation is 1. The lowest BCUT2D eigenvalue weighted by Crippen LogP contribution is -2.49. The minimum absolute atomic E-state index is 0.0333. The Kier molecular flexibility index (Phi) is 20.3. The number of rotatable bonds is 26. The van der Waals surface area contributed by atoms with Gasteiger partial charge in [0, 0.05) is 31.6 Å². The number of hydrogen-bond donors (Lipinski definition) is 3. The van der Waals surface area contributed by atoms with Crippen LogP contribution in [0.3, 0.4) is 0 Å². The van der Waals surface area contributed by atoms with Crippen LogP contribution in [0.4, 0.5) is 0 Å². The predicted molar refractivity (Wildman–Crippen MR) is 251 cm³/mol. The van der Waals surface area contributed by atoms with Crippen molar-refractivity contribution in [2.45, 2.75) is 98.4 Å². The maximum atomic E-state index is 13.8. The molecule has 0 bridgehead atoms. The van der Waals surface area contributed by atoms with Gasteiger partial charge in [-0.1, -0.05) is 81.6 Å². The molecule has 1 aliphatic rings. The molecule has 364 valence electrons. The van der Waals surface area contributed by atoms with Crippen LogP contribution in [-0.4, -0.2) is 103 Å². The lowest BCUT2D eigenvalue weighted by atomic mass is 9.90. The molecular formula is C51H63N5O12. The van der Waals surface area contributed by atoms with E-state index in [2.05, 4.69) is 20.9 Å². The van der Waals surface area contributed by atoms with E-state index in [1.165, 1.54) is 19.1 Å². The number of ketones is 1. The fraction of sp³-hybridized carbons (Fsp3) is 0.431. The van der Waals surface area contributed by atoms with Crippen LogP contribution in [0, 0.1) is 12.8 Å². The van der Waals surface area contributed by atoms with Gasteiger partial charge in [0.05, 0.1) is 49.6 Å². The standard InChI is InChI=1S/C51H63N5O12/c1-6-9-11-16-40(43(7-2)56(33-57)68-50(62)39-19-17-37(27-34(39)4)30-55-23-25-64-26-24-55)47(59)52-32-53-49(61)45-22-21-44(67-45)38-18-20-41(46(29-38)65-8-3)48(60)54-42(28-35(5)58)51(63)66-31-36-14-12-10-13-15-36/h10,12-15,17-22,27,29,33,40,42-43H,6-9,11,16,23-26,28,30-32H2,1-5H3,(H,52,59)(H,53,61)(H,54,60)/t40-,42+,43-/m1/s1. The highest BCUT2D eigenvalue weighted by molar-refractivity contribution is 6.00. The second-order valence-corrected chi connectivity index (χ2v) is 16.5. The number of unbranched alkanes of at least 4 members (excludes halogenated alkanes) is 2. The third-order valence-electron chi connectivity index (χ3n) is 11.4. The van der Waals surface area contributed by atoms with Gasteiger partial charge in [0.25, 0.3) is 11.8 Å². The predicted octanol–water partition coefficient (Wildman–Crippen LogP) is 6.32. The van der Waals surface area contributed by atoms with E-state index in [0.717, 1.165) is 42.1 Å². The highest BCUT2D eigenvalue weighted by atomic mass is 16.7. The summed E-state index contributed by atoms with van der Waals surface area (Å²) in [4.78, 5) is 99.5. The molecular weight excluding hydrogens is 875 g/mol. The van der Waals surface area contributed by atoms with Gasteiger partial charge in [0.15, 0.2) is 5.76 Å². The van der Waals surface area contributed by atoms with Gasteiger partial charge in [-0.15, -0.1) is 0 Å². The Balaban J connectivity index is 1.20. The summed E-state index contributed by atoms with van der Waals surface area (Å²) in [5, 5.41) is 8.92. The first kappa shape index (κ1) is 52.1. The molecule has 0 spiro atoms. The SMILES string of the molecule is CCCCC[C@@H](C(=O)NCNC(=O)c1ccc(-c2ccc(C(=O)N[C@@H](CC(C)=O)C(=O)OCc3ccccc3)c(OCC)c2)o1)[C@@H](CC)N(C=O)OC(=O)c1ccc(CN2CCOCC2)cc1C. The summed E-state index contributed by atoms with van der Waals surface area (Å²) in [6, 6.07) is 20.1. The van der Waals surface area contributed by atoms with Gasteiger partial charge < -0.3 is 39.4 Å². The largest absolute Gasteiger partial charge is 0.493 e. The normalized spacial score (nSPS) is 13.8. The van der Waals surface area contributed by atoms with Crippen molar-refractivity contribution >= 4 is 41.9 Å². The number of amides is 4. The summed E-state index contributed by atoms with van der Waals surface area (Å²) in [5.41, 5.74) is 3.34. The number of Topliss-reactive ketones (excluding diaryl/α,β-unsaturated/α-hetero) is 1. The van der Waals surface area contributed by atoms with E-state index in [9.17, 15) is 33.6 Å². The Labute approximate surface area is 397 Å². The number of morpholine rings is 1. The lowest BCUT2D eigenvalue weighted by molar-refractivity contribution is -0.171. The molecule has 0 saturated carbocycles. The highest BCUT2D eigenvalue weighted by Crippen LogP contribution is 2.30. The summed E-state index contributed by atoms with van der Waals surface area (Å²) in [7, 11) is 0. The number of carbonyl (C=O) groups is 7. The van der Waals surface area contributed by atoms with E-state index in [1.54, 1.807) is 62.4 Å². The summed E-state index contributed by atoms with van der Waals surface area (Å²) in [6.45, 7) is 12.3. The molecule has 17 heteroatoms. The number of furan rings is 1. The van der Waals surface area contributed by atoms with Gasteiger partial charge in [0.2, 0.25) is 12.3 Å². The third kappa shape index (κ3) is 15.1. The van der Waals surface area contributed by atoms with Crippen molar-refractivity contribution in [3.63, 3.8) is 0 Å². The number of carbonyl (C=O) groups excluding carboxylic acids is 7. The molecule has 0 aliphatic carbocycles. The number of benzene rings is 3. The number of hydroxylamine groups is 2. The molecule has 1 fully saturated rings. The Morgan fingerprint density at radius 1 is 0.853 bits per heavy atom. The monoisotopic (exact) mass is 937 g/mol. The second kappa shape index (κ2) is 26.5. The molecule has 3 aromatic carbocycles. The van der Waals surface area contributed by atoms with Crippen LogP contribution in [0.25, 0.3) is 11.3 Å². The minimum atomic E-state index is -1.24. The second-order valence-electron chi connectivity index (χ2n) is 16.5. The fourth-order valence-corrected chi connectivity index (χ4v) is 7.87. The Bertz CT molecular complexity index is 2340. The van der Waals surface area contributed by atoms with Gasteiger partial charge in [-0.3, -0.25) is 28.9 Å². The molecule has 1 aliphatic heterocycles. The van der Waals surface area contributed by atoms with Gasteiger partial charge >= 0.3 is 11.9 Å². The van der Waals surface area contributed by atoms with Gasteiger partial charge in [-0.2, -0.15) is 5.06 Å². The van der Waals surface area contributed by atoms with Gasteiger partial charge in [-0.05, 0) is 80.6 Å². The van der Waals surface area contributed by atoms with Crippen LogP contribution in [0.15, 0.2) is 83.3 Å².